The molecular weight excluding hydrogens is 401 g/mol. The molecule has 1 fully saturated rings. The van der Waals surface area contributed by atoms with Crippen LogP contribution in [0, 0.1) is 0 Å². The molecule has 30 heavy (non-hydrogen) atoms. The Bertz CT molecular complexity index is 913. The van der Waals surface area contributed by atoms with Gasteiger partial charge in [-0.15, -0.1) is 0 Å². The summed E-state index contributed by atoms with van der Waals surface area (Å²) in [6, 6.07) is 4.48. The lowest BCUT2D eigenvalue weighted by molar-refractivity contribution is -0.142. The number of benzene rings is 1. The van der Waals surface area contributed by atoms with Crippen LogP contribution in [0.1, 0.15) is 38.1 Å². The van der Waals surface area contributed by atoms with Gasteiger partial charge in [-0.05, 0) is 31.5 Å². The van der Waals surface area contributed by atoms with Gasteiger partial charge in [-0.3, -0.25) is 9.59 Å². The first kappa shape index (κ1) is 21.8. The molecule has 10 heteroatoms. The molecule has 162 valence electrons. The summed E-state index contributed by atoms with van der Waals surface area (Å²) in [5.41, 5.74) is -0.687. The predicted octanol–water partition coefficient (Wildman–Crippen LogP) is 3.16. The fourth-order valence-electron chi connectivity index (χ4n) is 3.43. The molecule has 1 aliphatic rings. The summed E-state index contributed by atoms with van der Waals surface area (Å²) in [7, 11) is 0. The van der Waals surface area contributed by atoms with Crippen LogP contribution in [0.15, 0.2) is 28.8 Å². The van der Waals surface area contributed by atoms with Crippen molar-refractivity contribution in [1.82, 2.24) is 19.9 Å². The van der Waals surface area contributed by atoms with Crippen LogP contribution in [-0.4, -0.2) is 57.4 Å². The van der Waals surface area contributed by atoms with E-state index in [1.807, 2.05) is 13.8 Å². The maximum atomic E-state index is 12.9. The molecule has 2 heterocycles. The first-order valence-corrected chi connectivity index (χ1v) is 9.76. The second kappa shape index (κ2) is 8.85. The summed E-state index contributed by atoms with van der Waals surface area (Å²) in [4.78, 5) is 32.2. The van der Waals surface area contributed by atoms with Crippen molar-refractivity contribution >= 4 is 11.8 Å². The molecule has 2 amide bonds. The molecule has 0 N–H and O–H groups in total. The first-order chi connectivity index (χ1) is 14.2. The van der Waals surface area contributed by atoms with Crippen molar-refractivity contribution in [1.29, 1.82) is 0 Å². The van der Waals surface area contributed by atoms with Crippen molar-refractivity contribution in [2.75, 3.05) is 19.6 Å². The van der Waals surface area contributed by atoms with E-state index in [1.165, 1.54) is 12.1 Å². The number of hydrogen-bond donors (Lipinski definition) is 0. The van der Waals surface area contributed by atoms with Gasteiger partial charge in [0.05, 0.1) is 12.0 Å². The highest BCUT2D eigenvalue weighted by Gasteiger charge is 2.32. The number of nitrogens with zero attached hydrogens (tertiary/aromatic N) is 4. The number of halogens is 3. The van der Waals surface area contributed by atoms with Crippen LogP contribution in [0.5, 0.6) is 0 Å². The molecule has 7 nitrogen and oxygen atoms in total. The van der Waals surface area contributed by atoms with Crippen molar-refractivity contribution < 1.29 is 27.3 Å². The summed E-state index contributed by atoms with van der Waals surface area (Å²) in [5.74, 6) is -0.112. The molecule has 0 radical (unpaired) electrons. The van der Waals surface area contributed by atoms with E-state index in [1.54, 1.807) is 9.80 Å². The van der Waals surface area contributed by atoms with Crippen molar-refractivity contribution in [3.8, 4) is 11.5 Å². The van der Waals surface area contributed by atoms with Gasteiger partial charge in [0.25, 0.3) is 5.89 Å². The quantitative estimate of drug-likeness (QED) is 0.737. The number of aromatic nitrogens is 2. The van der Waals surface area contributed by atoms with E-state index >= 15 is 0 Å². The minimum atomic E-state index is -4.48. The van der Waals surface area contributed by atoms with Gasteiger partial charge in [-0.25, -0.2) is 0 Å². The van der Waals surface area contributed by atoms with Gasteiger partial charge < -0.3 is 14.3 Å². The zero-order valence-corrected chi connectivity index (χ0v) is 16.8. The third-order valence-electron chi connectivity index (χ3n) is 4.98. The van der Waals surface area contributed by atoms with Gasteiger partial charge in [0, 0.05) is 37.7 Å². The molecule has 1 unspecified atom stereocenters. The van der Waals surface area contributed by atoms with Crippen LogP contribution in [0.25, 0.3) is 11.5 Å². The van der Waals surface area contributed by atoms with E-state index in [9.17, 15) is 22.8 Å². The monoisotopic (exact) mass is 424 g/mol. The number of carbonyl (C=O) groups is 2. The van der Waals surface area contributed by atoms with E-state index in [2.05, 4.69) is 10.1 Å². The van der Waals surface area contributed by atoms with Crippen LogP contribution in [0.2, 0.25) is 0 Å². The normalized spacial score (nSPS) is 17.3. The second-order valence-corrected chi connectivity index (χ2v) is 7.30. The van der Waals surface area contributed by atoms with Crippen LogP contribution in [-0.2, 0) is 22.2 Å². The highest BCUT2D eigenvalue weighted by Crippen LogP contribution is 2.31. The third kappa shape index (κ3) is 4.98. The Labute approximate surface area is 171 Å². The van der Waals surface area contributed by atoms with Crippen LogP contribution in [0.4, 0.5) is 13.2 Å². The molecule has 2 aromatic rings. The Hall–Kier alpha value is -2.91. The van der Waals surface area contributed by atoms with Crippen molar-refractivity contribution in [2.45, 2.75) is 45.3 Å². The van der Waals surface area contributed by atoms with Gasteiger partial charge in [-0.2, -0.15) is 18.2 Å². The Morgan fingerprint density at radius 2 is 2.00 bits per heavy atom. The molecule has 1 saturated heterocycles. The zero-order valence-electron chi connectivity index (χ0n) is 16.8. The lowest BCUT2D eigenvalue weighted by atomic mass is 10.1. The minimum Gasteiger partial charge on any atom is -0.338 e. The van der Waals surface area contributed by atoms with Crippen LogP contribution >= 0.6 is 0 Å². The number of amides is 2. The molecule has 3 rings (SSSR count). The average Bonchev–Trinajstić information content (AvgIpc) is 3.16. The van der Waals surface area contributed by atoms with E-state index in [-0.39, 0.29) is 41.6 Å². The summed E-state index contributed by atoms with van der Waals surface area (Å²) in [6.45, 7) is 5.13. The summed E-state index contributed by atoms with van der Waals surface area (Å²) < 4.78 is 43.7. The highest BCUT2D eigenvalue weighted by molar-refractivity contribution is 5.79. The fraction of sp³-hybridized carbons (Fsp3) is 0.500. The molecule has 1 aromatic carbocycles. The number of piperazine rings is 1. The maximum Gasteiger partial charge on any atom is 0.416 e. The Balaban J connectivity index is 1.63. The van der Waals surface area contributed by atoms with E-state index < -0.39 is 11.7 Å². The molecule has 0 bridgehead atoms. The molecule has 0 saturated carbocycles. The second-order valence-electron chi connectivity index (χ2n) is 7.30. The van der Waals surface area contributed by atoms with Crippen molar-refractivity contribution in [2.24, 2.45) is 0 Å². The number of alkyl halides is 3. The lowest BCUT2D eigenvalue weighted by Crippen LogP contribution is -2.55. The summed E-state index contributed by atoms with van der Waals surface area (Å²) >= 11 is 0. The van der Waals surface area contributed by atoms with Gasteiger partial charge in [0.15, 0.2) is 5.82 Å². The summed E-state index contributed by atoms with van der Waals surface area (Å²) in [5, 5.41) is 3.73. The molecule has 1 aromatic heterocycles. The van der Waals surface area contributed by atoms with Crippen molar-refractivity contribution in [3.05, 3.63) is 35.7 Å². The molecule has 1 aliphatic heterocycles. The zero-order chi connectivity index (χ0) is 21.9. The van der Waals surface area contributed by atoms with Crippen LogP contribution in [0.3, 0.4) is 0 Å². The Morgan fingerprint density at radius 3 is 2.67 bits per heavy atom. The van der Waals surface area contributed by atoms with Crippen molar-refractivity contribution in [3.63, 3.8) is 0 Å². The van der Waals surface area contributed by atoms with E-state index in [0.717, 1.165) is 18.6 Å². The highest BCUT2D eigenvalue weighted by atomic mass is 19.4. The number of carbonyl (C=O) groups excluding carboxylic acids is 2. The van der Waals surface area contributed by atoms with Gasteiger partial charge >= 0.3 is 6.18 Å². The SMILES string of the molecule is CCCC(=O)N1CCN(C(=O)Cc2noc(-c3cccc(C(F)(F)F)c3)n2)CC1C. The molecule has 0 aliphatic carbocycles. The third-order valence-corrected chi connectivity index (χ3v) is 4.98. The minimum absolute atomic E-state index is 0.0766. The first-order valence-electron chi connectivity index (χ1n) is 9.76. The largest absolute Gasteiger partial charge is 0.416 e. The van der Waals surface area contributed by atoms with Crippen LogP contribution < -0.4 is 0 Å². The Kier molecular flexibility index (Phi) is 6.42. The van der Waals surface area contributed by atoms with E-state index in [4.69, 9.17) is 4.52 Å². The topological polar surface area (TPSA) is 79.5 Å². The predicted molar refractivity (Wildman–Crippen MR) is 101 cm³/mol. The Morgan fingerprint density at radius 1 is 1.23 bits per heavy atom. The lowest BCUT2D eigenvalue weighted by Gasteiger charge is -2.40. The molecule has 0 spiro atoms. The summed E-state index contributed by atoms with van der Waals surface area (Å²) in [6.07, 6.45) is -3.35. The average molecular weight is 424 g/mol. The van der Waals surface area contributed by atoms with Gasteiger partial charge in [0.1, 0.15) is 0 Å². The standard InChI is InChI=1S/C20H23F3N4O3/c1-3-5-17(28)27-9-8-26(12-13(27)2)18(29)11-16-24-19(30-25-16)14-6-4-7-15(10-14)20(21,22)23/h4,6-7,10,13H,3,5,8-9,11-12H2,1-2H3. The van der Waals surface area contributed by atoms with E-state index in [0.29, 0.717) is 26.1 Å². The maximum absolute atomic E-state index is 12.9. The van der Waals surface area contributed by atoms with Gasteiger partial charge in [-0.1, -0.05) is 18.1 Å². The molecule has 1 atom stereocenters. The molecular formula is C20H23F3N4O3. The number of hydrogen-bond acceptors (Lipinski definition) is 5. The van der Waals surface area contributed by atoms with Gasteiger partial charge in [0.2, 0.25) is 11.8 Å². The number of rotatable bonds is 5. The smallest absolute Gasteiger partial charge is 0.338 e. The fourth-order valence-corrected chi connectivity index (χ4v) is 3.43.